The van der Waals surface area contributed by atoms with Crippen LogP contribution in [0.5, 0.6) is 0 Å². The Kier molecular flexibility index (Phi) is 3.87. The Hall–Kier alpha value is -1.14. The summed E-state index contributed by atoms with van der Waals surface area (Å²) in [6.07, 6.45) is 1.56. The van der Waals surface area contributed by atoms with Crippen molar-refractivity contribution in [2.75, 3.05) is 13.1 Å². The van der Waals surface area contributed by atoms with Gasteiger partial charge in [0.1, 0.15) is 12.1 Å². The molecule has 2 fully saturated rings. The fourth-order valence-corrected chi connectivity index (χ4v) is 2.82. The van der Waals surface area contributed by atoms with Crippen molar-refractivity contribution < 1.29 is 19.4 Å². The van der Waals surface area contributed by atoms with Crippen LogP contribution in [0.15, 0.2) is 0 Å². The number of carboxylic acids is 1. The van der Waals surface area contributed by atoms with Gasteiger partial charge in [-0.05, 0) is 25.2 Å². The van der Waals surface area contributed by atoms with E-state index in [2.05, 4.69) is 0 Å². The Labute approximate surface area is 106 Å². The molecule has 4 atom stereocenters. The third-order valence-corrected chi connectivity index (χ3v) is 3.88. The highest BCUT2D eigenvalue weighted by Gasteiger charge is 2.43. The Morgan fingerprint density at radius 1 is 1.39 bits per heavy atom. The third kappa shape index (κ3) is 2.35. The zero-order chi connectivity index (χ0) is 13.3. The number of hydrogen-bond acceptors (Lipinski definition) is 4. The van der Waals surface area contributed by atoms with Crippen LogP contribution in [0.1, 0.15) is 26.2 Å². The fourth-order valence-electron chi connectivity index (χ4n) is 2.82. The Morgan fingerprint density at radius 3 is 2.67 bits per heavy atom. The largest absolute Gasteiger partial charge is 0.480 e. The van der Waals surface area contributed by atoms with Crippen molar-refractivity contribution in [2.45, 2.75) is 44.4 Å². The van der Waals surface area contributed by atoms with E-state index in [1.54, 1.807) is 0 Å². The molecule has 0 spiro atoms. The van der Waals surface area contributed by atoms with Crippen molar-refractivity contribution in [3.05, 3.63) is 0 Å². The number of hydrogen-bond donors (Lipinski definition) is 2. The molecule has 2 aliphatic heterocycles. The maximum atomic E-state index is 12.3. The topological polar surface area (TPSA) is 92.9 Å². The standard InChI is InChI=1S/C12H20N2O4/c1-7-4-5-14(10(7)12(16)17)11(15)9-3-2-8(6-13)18-9/h7-10H,2-6,13H2,1H3,(H,16,17). The number of likely N-dealkylation sites (tertiary alicyclic amines) is 1. The summed E-state index contributed by atoms with van der Waals surface area (Å²) < 4.78 is 5.54. The minimum absolute atomic E-state index is 0.00171. The Bertz CT molecular complexity index is 347. The van der Waals surface area contributed by atoms with Crippen LogP contribution in [0.4, 0.5) is 0 Å². The van der Waals surface area contributed by atoms with Crippen molar-refractivity contribution >= 4 is 11.9 Å². The van der Waals surface area contributed by atoms with Gasteiger partial charge in [0, 0.05) is 13.1 Å². The van der Waals surface area contributed by atoms with Crippen molar-refractivity contribution in [3.8, 4) is 0 Å². The molecular weight excluding hydrogens is 236 g/mol. The Balaban J connectivity index is 2.03. The molecular formula is C12H20N2O4. The number of carbonyl (C=O) groups excluding carboxylic acids is 1. The van der Waals surface area contributed by atoms with Crippen LogP contribution < -0.4 is 5.73 Å². The van der Waals surface area contributed by atoms with E-state index in [1.165, 1.54) is 4.90 Å². The van der Waals surface area contributed by atoms with E-state index in [-0.39, 0.29) is 17.9 Å². The van der Waals surface area contributed by atoms with E-state index in [4.69, 9.17) is 10.5 Å². The van der Waals surface area contributed by atoms with Gasteiger partial charge in [-0.15, -0.1) is 0 Å². The summed E-state index contributed by atoms with van der Waals surface area (Å²) in [5.41, 5.74) is 5.50. The monoisotopic (exact) mass is 256 g/mol. The van der Waals surface area contributed by atoms with E-state index in [0.717, 1.165) is 12.8 Å². The first-order valence-electron chi connectivity index (χ1n) is 6.43. The van der Waals surface area contributed by atoms with Crippen LogP contribution in [0, 0.1) is 5.92 Å². The number of rotatable bonds is 3. The predicted octanol–water partition coefficient (Wildman–Crippen LogP) is -0.186. The van der Waals surface area contributed by atoms with Crippen LogP contribution in [0.25, 0.3) is 0 Å². The van der Waals surface area contributed by atoms with Gasteiger partial charge in [-0.25, -0.2) is 4.79 Å². The molecule has 0 aromatic heterocycles. The van der Waals surface area contributed by atoms with Gasteiger partial charge in [0.25, 0.3) is 5.91 Å². The number of ether oxygens (including phenoxy) is 1. The lowest BCUT2D eigenvalue weighted by atomic mass is 10.0. The Morgan fingerprint density at radius 2 is 2.11 bits per heavy atom. The summed E-state index contributed by atoms with van der Waals surface area (Å²) in [4.78, 5) is 24.9. The molecule has 3 N–H and O–H groups in total. The van der Waals surface area contributed by atoms with Crippen molar-refractivity contribution in [1.82, 2.24) is 4.90 Å². The maximum Gasteiger partial charge on any atom is 0.326 e. The molecule has 2 rings (SSSR count). The SMILES string of the molecule is CC1CCN(C(=O)C2CCC(CN)O2)C1C(=O)O. The summed E-state index contributed by atoms with van der Waals surface area (Å²) >= 11 is 0. The zero-order valence-electron chi connectivity index (χ0n) is 10.5. The smallest absolute Gasteiger partial charge is 0.326 e. The summed E-state index contributed by atoms with van der Waals surface area (Å²) in [6, 6.07) is -0.710. The van der Waals surface area contributed by atoms with Gasteiger partial charge in [0.05, 0.1) is 6.10 Å². The fraction of sp³-hybridized carbons (Fsp3) is 0.833. The van der Waals surface area contributed by atoms with Gasteiger partial charge in [-0.1, -0.05) is 6.92 Å². The second kappa shape index (κ2) is 5.24. The minimum Gasteiger partial charge on any atom is -0.480 e. The summed E-state index contributed by atoms with van der Waals surface area (Å²) in [5, 5.41) is 9.19. The van der Waals surface area contributed by atoms with Gasteiger partial charge >= 0.3 is 5.97 Å². The molecule has 4 unspecified atom stereocenters. The van der Waals surface area contributed by atoms with Gasteiger partial charge in [0.2, 0.25) is 0 Å². The van der Waals surface area contributed by atoms with Gasteiger partial charge in [0.15, 0.2) is 0 Å². The number of nitrogens with zero attached hydrogens (tertiary/aromatic N) is 1. The summed E-state index contributed by atoms with van der Waals surface area (Å²) in [5.74, 6) is -1.12. The molecule has 102 valence electrons. The zero-order valence-corrected chi connectivity index (χ0v) is 10.5. The molecule has 6 heteroatoms. The first-order chi connectivity index (χ1) is 8.54. The van der Waals surface area contributed by atoms with Crippen LogP contribution in [-0.4, -0.2) is 53.2 Å². The van der Waals surface area contributed by atoms with Gasteiger partial charge < -0.3 is 20.5 Å². The number of amides is 1. The van der Waals surface area contributed by atoms with E-state index in [0.29, 0.717) is 19.5 Å². The molecule has 0 aliphatic carbocycles. The minimum atomic E-state index is -0.929. The normalized spacial score (nSPS) is 36.0. The average molecular weight is 256 g/mol. The van der Waals surface area contributed by atoms with E-state index >= 15 is 0 Å². The third-order valence-electron chi connectivity index (χ3n) is 3.88. The molecule has 0 bridgehead atoms. The van der Waals surface area contributed by atoms with Crippen LogP contribution in [-0.2, 0) is 14.3 Å². The van der Waals surface area contributed by atoms with Gasteiger partial charge in [-0.3, -0.25) is 4.79 Å². The first kappa shape index (κ1) is 13.3. The first-order valence-corrected chi connectivity index (χ1v) is 6.43. The molecule has 1 amide bonds. The highest BCUT2D eigenvalue weighted by Crippen LogP contribution is 2.28. The molecule has 0 aromatic rings. The molecule has 18 heavy (non-hydrogen) atoms. The number of nitrogens with two attached hydrogens (primary N) is 1. The average Bonchev–Trinajstić information content (AvgIpc) is 2.93. The quantitative estimate of drug-likeness (QED) is 0.730. The molecule has 2 saturated heterocycles. The van der Waals surface area contributed by atoms with Crippen LogP contribution in [0.2, 0.25) is 0 Å². The van der Waals surface area contributed by atoms with E-state index in [1.807, 2.05) is 6.92 Å². The molecule has 0 radical (unpaired) electrons. The summed E-state index contributed by atoms with van der Waals surface area (Å²) in [7, 11) is 0. The lowest BCUT2D eigenvalue weighted by molar-refractivity contribution is -0.154. The number of carboxylic acid groups (broad SMARTS) is 1. The van der Waals surface area contributed by atoms with Crippen LogP contribution >= 0.6 is 0 Å². The van der Waals surface area contributed by atoms with Gasteiger partial charge in [-0.2, -0.15) is 0 Å². The van der Waals surface area contributed by atoms with Crippen molar-refractivity contribution in [3.63, 3.8) is 0 Å². The lowest BCUT2D eigenvalue weighted by Gasteiger charge is -2.26. The van der Waals surface area contributed by atoms with Crippen LogP contribution in [0.3, 0.4) is 0 Å². The molecule has 6 nitrogen and oxygen atoms in total. The van der Waals surface area contributed by atoms with Crippen molar-refractivity contribution in [2.24, 2.45) is 11.7 Å². The predicted molar refractivity (Wildman–Crippen MR) is 63.9 cm³/mol. The molecule has 2 aliphatic rings. The highest BCUT2D eigenvalue weighted by atomic mass is 16.5. The number of aliphatic carboxylic acids is 1. The van der Waals surface area contributed by atoms with E-state index in [9.17, 15) is 14.7 Å². The van der Waals surface area contributed by atoms with E-state index < -0.39 is 18.1 Å². The molecule has 0 saturated carbocycles. The molecule has 0 aromatic carbocycles. The highest BCUT2D eigenvalue weighted by molar-refractivity contribution is 5.87. The second-order valence-electron chi connectivity index (χ2n) is 5.14. The lowest BCUT2D eigenvalue weighted by Crippen LogP contribution is -2.47. The van der Waals surface area contributed by atoms with Crippen molar-refractivity contribution in [1.29, 1.82) is 0 Å². The summed E-state index contributed by atoms with van der Waals surface area (Å²) in [6.45, 7) is 2.77. The second-order valence-corrected chi connectivity index (χ2v) is 5.14. The molecule has 2 heterocycles. The number of carbonyl (C=O) groups is 2. The maximum absolute atomic E-state index is 12.3.